The molecule has 2 nitrogen and oxygen atoms in total. The van der Waals surface area contributed by atoms with Gasteiger partial charge in [0.2, 0.25) is 0 Å². The first-order valence-corrected chi connectivity index (χ1v) is 8.50. The van der Waals surface area contributed by atoms with Crippen molar-refractivity contribution in [2.45, 2.75) is 84.8 Å². The zero-order valence-electron chi connectivity index (χ0n) is 13.6. The molecule has 1 N–H and O–H groups in total. The van der Waals surface area contributed by atoms with Gasteiger partial charge in [0.1, 0.15) is 0 Å². The summed E-state index contributed by atoms with van der Waals surface area (Å²) in [6.45, 7) is 11.5. The Kier molecular flexibility index (Phi) is 8.01. The van der Waals surface area contributed by atoms with Gasteiger partial charge in [-0.05, 0) is 37.5 Å². The second kappa shape index (κ2) is 8.97. The lowest BCUT2D eigenvalue weighted by Crippen LogP contribution is -2.42. The zero-order valence-corrected chi connectivity index (χ0v) is 13.6. The number of aliphatic hydroxyl groups excluding tert-OH is 1. The highest BCUT2D eigenvalue weighted by Crippen LogP contribution is 2.26. The lowest BCUT2D eigenvalue weighted by molar-refractivity contribution is 0.0535. The molecule has 114 valence electrons. The standard InChI is InChI=1S/C17H35NO/c1-5-16(6-2)18(12-14(3)4)13-15-10-8-7-9-11-17(15)19/h14-17,19H,5-13H2,1-4H3. The van der Waals surface area contributed by atoms with Crippen LogP contribution in [0, 0.1) is 11.8 Å². The van der Waals surface area contributed by atoms with E-state index >= 15 is 0 Å². The Hall–Kier alpha value is -0.0800. The molecule has 0 radical (unpaired) electrons. The second-order valence-corrected chi connectivity index (χ2v) is 6.78. The Morgan fingerprint density at radius 3 is 2.26 bits per heavy atom. The number of hydrogen-bond acceptors (Lipinski definition) is 2. The molecule has 0 bridgehead atoms. The van der Waals surface area contributed by atoms with Gasteiger partial charge in [-0.15, -0.1) is 0 Å². The third-order valence-electron chi connectivity index (χ3n) is 4.65. The number of nitrogens with zero attached hydrogens (tertiary/aromatic N) is 1. The van der Waals surface area contributed by atoms with Crippen LogP contribution in [-0.2, 0) is 0 Å². The van der Waals surface area contributed by atoms with Crippen molar-refractivity contribution in [2.75, 3.05) is 13.1 Å². The highest BCUT2D eigenvalue weighted by atomic mass is 16.3. The highest BCUT2D eigenvalue weighted by Gasteiger charge is 2.26. The van der Waals surface area contributed by atoms with Crippen molar-refractivity contribution >= 4 is 0 Å². The molecule has 1 aliphatic carbocycles. The summed E-state index contributed by atoms with van der Waals surface area (Å²) in [5.74, 6) is 1.21. The summed E-state index contributed by atoms with van der Waals surface area (Å²) < 4.78 is 0. The van der Waals surface area contributed by atoms with Gasteiger partial charge in [-0.1, -0.05) is 47.0 Å². The van der Waals surface area contributed by atoms with E-state index in [4.69, 9.17) is 0 Å². The molecule has 1 saturated carbocycles. The largest absolute Gasteiger partial charge is 0.393 e. The molecule has 1 aliphatic rings. The van der Waals surface area contributed by atoms with E-state index in [0.29, 0.717) is 17.9 Å². The van der Waals surface area contributed by atoms with Crippen LogP contribution in [0.4, 0.5) is 0 Å². The summed E-state index contributed by atoms with van der Waals surface area (Å²) in [5, 5.41) is 10.3. The van der Waals surface area contributed by atoms with Gasteiger partial charge in [-0.2, -0.15) is 0 Å². The van der Waals surface area contributed by atoms with Gasteiger partial charge in [0.25, 0.3) is 0 Å². The third kappa shape index (κ3) is 5.83. The van der Waals surface area contributed by atoms with E-state index in [1.54, 1.807) is 0 Å². The molecule has 2 atom stereocenters. The molecule has 0 heterocycles. The second-order valence-electron chi connectivity index (χ2n) is 6.78. The maximum Gasteiger partial charge on any atom is 0.0580 e. The van der Waals surface area contributed by atoms with E-state index < -0.39 is 0 Å². The molecule has 0 spiro atoms. The molecule has 2 unspecified atom stereocenters. The van der Waals surface area contributed by atoms with E-state index in [0.717, 1.165) is 13.0 Å². The molecule has 1 fully saturated rings. The van der Waals surface area contributed by atoms with Crippen LogP contribution >= 0.6 is 0 Å². The Morgan fingerprint density at radius 1 is 1.05 bits per heavy atom. The molecule has 0 saturated heterocycles. The molecule has 0 aromatic heterocycles. The number of rotatable bonds is 7. The van der Waals surface area contributed by atoms with Crippen LogP contribution in [0.25, 0.3) is 0 Å². The summed E-state index contributed by atoms with van der Waals surface area (Å²) in [6.07, 6.45) is 8.46. The minimum absolute atomic E-state index is 0.0634. The van der Waals surface area contributed by atoms with Gasteiger partial charge in [-0.3, -0.25) is 4.90 Å². The van der Waals surface area contributed by atoms with Crippen LogP contribution in [0.15, 0.2) is 0 Å². The first-order chi connectivity index (χ1) is 9.08. The summed E-state index contributed by atoms with van der Waals surface area (Å²) >= 11 is 0. The van der Waals surface area contributed by atoms with Crippen molar-refractivity contribution in [3.05, 3.63) is 0 Å². The predicted octanol–water partition coefficient (Wildman–Crippen LogP) is 4.07. The summed E-state index contributed by atoms with van der Waals surface area (Å²) in [7, 11) is 0. The van der Waals surface area contributed by atoms with Crippen LogP contribution in [0.5, 0.6) is 0 Å². The molecule has 0 aromatic carbocycles. The lowest BCUT2D eigenvalue weighted by Gasteiger charge is -2.36. The first kappa shape index (κ1) is 17.0. The SMILES string of the molecule is CCC(CC)N(CC(C)C)CC1CCCCCC1O. The van der Waals surface area contributed by atoms with E-state index in [1.807, 2.05) is 0 Å². The lowest BCUT2D eigenvalue weighted by atomic mass is 9.95. The van der Waals surface area contributed by atoms with E-state index in [-0.39, 0.29) is 6.10 Å². The number of aliphatic hydroxyl groups is 1. The summed E-state index contributed by atoms with van der Waals surface area (Å²) in [5.41, 5.74) is 0. The summed E-state index contributed by atoms with van der Waals surface area (Å²) in [6, 6.07) is 0.692. The molecule has 0 amide bonds. The van der Waals surface area contributed by atoms with E-state index in [1.165, 1.54) is 45.1 Å². The van der Waals surface area contributed by atoms with Crippen molar-refractivity contribution in [2.24, 2.45) is 11.8 Å². The fourth-order valence-corrected chi connectivity index (χ4v) is 3.53. The quantitative estimate of drug-likeness (QED) is 0.704. The fraction of sp³-hybridized carbons (Fsp3) is 1.00. The van der Waals surface area contributed by atoms with Gasteiger partial charge in [0.15, 0.2) is 0 Å². The van der Waals surface area contributed by atoms with Gasteiger partial charge in [-0.25, -0.2) is 0 Å². The normalized spacial score (nSPS) is 25.3. The van der Waals surface area contributed by atoms with Crippen molar-refractivity contribution in [1.29, 1.82) is 0 Å². The molecule has 2 heteroatoms. The van der Waals surface area contributed by atoms with Crippen molar-refractivity contribution < 1.29 is 5.11 Å². The van der Waals surface area contributed by atoms with Gasteiger partial charge >= 0.3 is 0 Å². The van der Waals surface area contributed by atoms with E-state index in [9.17, 15) is 5.11 Å². The first-order valence-electron chi connectivity index (χ1n) is 8.50. The maximum atomic E-state index is 10.3. The van der Waals surface area contributed by atoms with Crippen molar-refractivity contribution in [3.63, 3.8) is 0 Å². The van der Waals surface area contributed by atoms with Crippen molar-refractivity contribution in [1.82, 2.24) is 4.90 Å². The highest BCUT2D eigenvalue weighted by molar-refractivity contribution is 4.79. The van der Waals surface area contributed by atoms with Gasteiger partial charge < -0.3 is 5.11 Å². The van der Waals surface area contributed by atoms with Crippen LogP contribution in [0.1, 0.15) is 72.6 Å². The topological polar surface area (TPSA) is 23.5 Å². The fourth-order valence-electron chi connectivity index (χ4n) is 3.53. The van der Waals surface area contributed by atoms with Crippen LogP contribution < -0.4 is 0 Å². The predicted molar refractivity (Wildman–Crippen MR) is 83.4 cm³/mol. The minimum Gasteiger partial charge on any atom is -0.393 e. The Balaban J connectivity index is 2.63. The number of hydrogen-bond donors (Lipinski definition) is 1. The minimum atomic E-state index is -0.0634. The monoisotopic (exact) mass is 269 g/mol. The smallest absolute Gasteiger partial charge is 0.0580 e. The van der Waals surface area contributed by atoms with Crippen LogP contribution in [0.3, 0.4) is 0 Å². The zero-order chi connectivity index (χ0) is 14.3. The van der Waals surface area contributed by atoms with Gasteiger partial charge in [0, 0.05) is 19.1 Å². The Labute approximate surface area is 120 Å². The summed E-state index contributed by atoms with van der Waals surface area (Å²) in [4.78, 5) is 2.66. The Morgan fingerprint density at radius 2 is 1.68 bits per heavy atom. The Bertz CT molecular complexity index is 225. The van der Waals surface area contributed by atoms with Crippen molar-refractivity contribution in [3.8, 4) is 0 Å². The van der Waals surface area contributed by atoms with Crippen LogP contribution in [0.2, 0.25) is 0 Å². The molecule has 19 heavy (non-hydrogen) atoms. The molecule has 0 aromatic rings. The third-order valence-corrected chi connectivity index (χ3v) is 4.65. The van der Waals surface area contributed by atoms with E-state index in [2.05, 4.69) is 32.6 Å². The molecular weight excluding hydrogens is 234 g/mol. The molecular formula is C17H35NO. The average molecular weight is 269 g/mol. The van der Waals surface area contributed by atoms with Crippen LogP contribution in [-0.4, -0.2) is 35.2 Å². The van der Waals surface area contributed by atoms with Gasteiger partial charge in [0.05, 0.1) is 6.10 Å². The maximum absolute atomic E-state index is 10.3. The molecule has 1 rings (SSSR count). The molecule has 0 aliphatic heterocycles. The average Bonchev–Trinajstić information content (AvgIpc) is 2.56.